The molecule has 0 saturated heterocycles. The third-order valence-corrected chi connectivity index (χ3v) is 4.57. The maximum Gasteiger partial charge on any atom is 0.253 e. The van der Waals surface area contributed by atoms with E-state index >= 15 is 0 Å². The monoisotopic (exact) mass is 273 g/mol. The molecule has 1 aromatic rings. The Morgan fingerprint density at radius 3 is 2.90 bits per heavy atom. The smallest absolute Gasteiger partial charge is 0.253 e. The molecule has 2 aliphatic rings. The molecule has 4 nitrogen and oxygen atoms in total. The van der Waals surface area contributed by atoms with Gasteiger partial charge in [0.25, 0.3) is 5.91 Å². The average Bonchev–Trinajstić information content (AvgIpc) is 3.35. The Hall–Kier alpha value is -1.58. The first kappa shape index (κ1) is 13.4. The molecule has 0 spiro atoms. The lowest BCUT2D eigenvalue weighted by atomic mass is 10.0. The second-order valence-electron chi connectivity index (χ2n) is 6.17. The lowest BCUT2D eigenvalue weighted by Crippen LogP contribution is -2.31. The zero-order chi connectivity index (χ0) is 14.0. The van der Waals surface area contributed by atoms with E-state index < -0.39 is 0 Å². The highest BCUT2D eigenvalue weighted by Crippen LogP contribution is 2.60. The van der Waals surface area contributed by atoms with Crippen LogP contribution in [0.3, 0.4) is 0 Å². The summed E-state index contributed by atoms with van der Waals surface area (Å²) >= 11 is 0. The Balaban J connectivity index is 1.61. The number of aromatic nitrogens is 1. The third kappa shape index (κ3) is 2.79. The number of pyridine rings is 1. The highest BCUT2D eigenvalue weighted by atomic mass is 16.1. The predicted molar refractivity (Wildman–Crippen MR) is 79.7 cm³/mol. The lowest BCUT2D eigenvalue weighted by Gasteiger charge is -2.16. The van der Waals surface area contributed by atoms with E-state index in [9.17, 15) is 4.79 Å². The summed E-state index contributed by atoms with van der Waals surface area (Å²) in [4.78, 5) is 16.5. The molecule has 2 N–H and O–H groups in total. The number of nitrogens with zero attached hydrogens (tertiary/aromatic N) is 1. The summed E-state index contributed by atoms with van der Waals surface area (Å²) in [5, 5.41) is 6.40. The first-order valence-corrected chi connectivity index (χ1v) is 7.71. The van der Waals surface area contributed by atoms with Crippen LogP contribution in [0.5, 0.6) is 0 Å². The second kappa shape index (κ2) is 5.43. The molecule has 4 heteroatoms. The zero-order valence-corrected chi connectivity index (χ0v) is 12.1. The van der Waals surface area contributed by atoms with Gasteiger partial charge < -0.3 is 10.6 Å². The standard InChI is InChI=1S/C16H23N3O/c1-2-8-18-14-10-17-9-5-13(14)15(20)19-11-16(6-7-16)12-3-4-12/h5,9-10,12,18H,2-4,6-8,11H2,1H3,(H,19,20). The van der Waals surface area contributed by atoms with E-state index in [2.05, 4.69) is 22.5 Å². The Morgan fingerprint density at radius 2 is 2.25 bits per heavy atom. The molecule has 2 aliphatic carbocycles. The molecule has 108 valence electrons. The largest absolute Gasteiger partial charge is 0.383 e. The maximum atomic E-state index is 12.4. The van der Waals surface area contributed by atoms with Crippen LogP contribution in [-0.2, 0) is 0 Å². The Bertz CT molecular complexity index is 492. The number of carbonyl (C=O) groups is 1. The maximum absolute atomic E-state index is 12.4. The molecule has 20 heavy (non-hydrogen) atoms. The molecule has 3 rings (SSSR count). The van der Waals surface area contributed by atoms with E-state index in [1.807, 2.05) is 0 Å². The Kier molecular flexibility index (Phi) is 3.64. The first-order valence-electron chi connectivity index (χ1n) is 7.71. The van der Waals surface area contributed by atoms with E-state index in [4.69, 9.17) is 0 Å². The molecular weight excluding hydrogens is 250 g/mol. The molecule has 0 aliphatic heterocycles. The van der Waals surface area contributed by atoms with Crippen molar-refractivity contribution in [3.8, 4) is 0 Å². The van der Waals surface area contributed by atoms with Gasteiger partial charge in [-0.2, -0.15) is 0 Å². The van der Waals surface area contributed by atoms with E-state index in [-0.39, 0.29) is 5.91 Å². The Morgan fingerprint density at radius 1 is 1.45 bits per heavy atom. The summed E-state index contributed by atoms with van der Waals surface area (Å²) in [5.74, 6) is 0.899. The van der Waals surface area contributed by atoms with E-state index in [0.29, 0.717) is 11.0 Å². The molecule has 1 heterocycles. The number of nitrogens with one attached hydrogen (secondary N) is 2. The molecule has 0 bridgehead atoms. The summed E-state index contributed by atoms with van der Waals surface area (Å²) in [6, 6.07) is 1.80. The van der Waals surface area contributed by atoms with Crippen LogP contribution >= 0.6 is 0 Å². The lowest BCUT2D eigenvalue weighted by molar-refractivity contribution is 0.0943. The van der Waals surface area contributed by atoms with Crippen molar-refractivity contribution in [2.24, 2.45) is 11.3 Å². The van der Waals surface area contributed by atoms with Gasteiger partial charge in [0.15, 0.2) is 0 Å². The molecule has 1 amide bonds. The third-order valence-electron chi connectivity index (χ3n) is 4.57. The normalized spacial score (nSPS) is 19.4. The molecule has 0 radical (unpaired) electrons. The summed E-state index contributed by atoms with van der Waals surface area (Å²) < 4.78 is 0. The van der Waals surface area contributed by atoms with Crippen molar-refractivity contribution in [3.63, 3.8) is 0 Å². The van der Waals surface area contributed by atoms with Crippen LogP contribution in [0.2, 0.25) is 0 Å². The van der Waals surface area contributed by atoms with Crippen LogP contribution in [0.15, 0.2) is 18.5 Å². The fourth-order valence-electron chi connectivity index (χ4n) is 2.93. The van der Waals surface area contributed by atoms with Crippen molar-refractivity contribution in [2.75, 3.05) is 18.4 Å². The van der Waals surface area contributed by atoms with Crippen molar-refractivity contribution in [1.82, 2.24) is 10.3 Å². The second-order valence-corrected chi connectivity index (χ2v) is 6.17. The number of amides is 1. The predicted octanol–water partition coefficient (Wildman–Crippen LogP) is 2.82. The van der Waals surface area contributed by atoms with Crippen molar-refractivity contribution >= 4 is 11.6 Å². The summed E-state index contributed by atoms with van der Waals surface area (Å²) in [6.45, 7) is 3.81. The van der Waals surface area contributed by atoms with Crippen molar-refractivity contribution < 1.29 is 4.79 Å². The highest BCUT2D eigenvalue weighted by molar-refractivity contribution is 5.99. The fraction of sp³-hybridized carbons (Fsp3) is 0.625. The minimum absolute atomic E-state index is 0.0259. The van der Waals surface area contributed by atoms with Gasteiger partial charge in [0.05, 0.1) is 17.4 Å². The van der Waals surface area contributed by atoms with Gasteiger partial charge >= 0.3 is 0 Å². The van der Waals surface area contributed by atoms with Crippen LogP contribution in [-0.4, -0.2) is 24.0 Å². The molecule has 2 fully saturated rings. The van der Waals surface area contributed by atoms with Crippen molar-refractivity contribution in [3.05, 3.63) is 24.0 Å². The van der Waals surface area contributed by atoms with E-state index in [0.717, 1.165) is 31.1 Å². The van der Waals surface area contributed by atoms with E-state index in [1.54, 1.807) is 18.5 Å². The van der Waals surface area contributed by atoms with Gasteiger partial charge in [-0.25, -0.2) is 0 Å². The van der Waals surface area contributed by atoms with Gasteiger partial charge in [0.2, 0.25) is 0 Å². The SMILES string of the molecule is CCCNc1cnccc1C(=O)NCC1(C2CC2)CC1. The average molecular weight is 273 g/mol. The molecule has 0 unspecified atom stereocenters. The van der Waals surface area contributed by atoms with Gasteiger partial charge in [0.1, 0.15) is 0 Å². The number of hydrogen-bond acceptors (Lipinski definition) is 3. The van der Waals surface area contributed by atoms with Gasteiger partial charge in [0, 0.05) is 19.3 Å². The van der Waals surface area contributed by atoms with Crippen LogP contribution in [0.4, 0.5) is 5.69 Å². The summed E-state index contributed by atoms with van der Waals surface area (Å²) in [5.41, 5.74) is 1.99. The molecule has 2 saturated carbocycles. The van der Waals surface area contributed by atoms with Crippen molar-refractivity contribution in [2.45, 2.75) is 39.0 Å². The van der Waals surface area contributed by atoms with Crippen LogP contribution < -0.4 is 10.6 Å². The van der Waals surface area contributed by atoms with E-state index in [1.165, 1.54) is 25.7 Å². The molecular formula is C16H23N3O. The highest BCUT2D eigenvalue weighted by Gasteiger charge is 2.53. The quantitative estimate of drug-likeness (QED) is 0.803. The number of anilines is 1. The number of hydrogen-bond donors (Lipinski definition) is 2. The van der Waals surface area contributed by atoms with Gasteiger partial charge in [-0.05, 0) is 49.5 Å². The van der Waals surface area contributed by atoms with Gasteiger partial charge in [-0.3, -0.25) is 9.78 Å². The molecule has 1 aromatic heterocycles. The minimum Gasteiger partial charge on any atom is -0.383 e. The van der Waals surface area contributed by atoms with Crippen molar-refractivity contribution in [1.29, 1.82) is 0 Å². The van der Waals surface area contributed by atoms with Crippen LogP contribution in [0.1, 0.15) is 49.4 Å². The van der Waals surface area contributed by atoms with Gasteiger partial charge in [-0.15, -0.1) is 0 Å². The molecule has 0 atom stereocenters. The zero-order valence-electron chi connectivity index (χ0n) is 12.1. The van der Waals surface area contributed by atoms with Crippen LogP contribution in [0.25, 0.3) is 0 Å². The van der Waals surface area contributed by atoms with Gasteiger partial charge in [-0.1, -0.05) is 6.92 Å². The first-order chi connectivity index (χ1) is 9.75. The minimum atomic E-state index is 0.0259. The Labute approximate surface area is 120 Å². The number of rotatable bonds is 7. The van der Waals surface area contributed by atoms with Crippen LogP contribution in [0, 0.1) is 11.3 Å². The molecule has 0 aromatic carbocycles. The summed E-state index contributed by atoms with van der Waals surface area (Å²) in [7, 11) is 0. The number of carbonyl (C=O) groups excluding carboxylic acids is 1. The fourth-order valence-corrected chi connectivity index (χ4v) is 2.93. The summed E-state index contributed by atoms with van der Waals surface area (Å²) in [6.07, 6.45) is 9.73. The topological polar surface area (TPSA) is 54.0 Å².